The van der Waals surface area contributed by atoms with E-state index in [1.54, 1.807) is 25.3 Å². The summed E-state index contributed by atoms with van der Waals surface area (Å²) in [7, 11) is 1.56. The molecule has 6 nitrogen and oxygen atoms in total. The Morgan fingerprint density at radius 2 is 1.76 bits per heavy atom. The third-order valence-electron chi connectivity index (χ3n) is 5.69. The van der Waals surface area contributed by atoms with Gasteiger partial charge in [-0.2, -0.15) is 0 Å². The highest BCUT2D eigenvalue weighted by molar-refractivity contribution is 8.18. The van der Waals surface area contributed by atoms with Gasteiger partial charge in [0, 0.05) is 22.1 Å². The third kappa shape index (κ3) is 4.72. The molecule has 1 saturated heterocycles. The maximum absolute atomic E-state index is 13.0. The smallest absolute Gasteiger partial charge is 0.293 e. The second-order valence-electron chi connectivity index (χ2n) is 7.93. The van der Waals surface area contributed by atoms with Crippen molar-refractivity contribution in [2.24, 2.45) is 0 Å². The van der Waals surface area contributed by atoms with E-state index in [0.29, 0.717) is 21.4 Å². The molecule has 0 atom stereocenters. The summed E-state index contributed by atoms with van der Waals surface area (Å²) < 4.78 is 13.1. The lowest BCUT2D eigenvalue weighted by Crippen LogP contribution is -2.32. The quantitative estimate of drug-likeness (QED) is 0.365. The van der Waals surface area contributed by atoms with Crippen LogP contribution in [0.3, 0.4) is 0 Å². The summed E-state index contributed by atoms with van der Waals surface area (Å²) in [6, 6.07) is 15.2. The van der Waals surface area contributed by atoms with Crippen molar-refractivity contribution in [1.82, 2.24) is 9.47 Å². The van der Waals surface area contributed by atoms with E-state index in [0.717, 1.165) is 40.0 Å². The van der Waals surface area contributed by atoms with E-state index < -0.39 is 0 Å². The number of hydrogen-bond acceptors (Lipinski definition) is 5. The SMILES string of the molecule is COc1ccccc1OCCN1C(=O)S/C(=C\c2cc(C)n(-c3ccc(C)c(Cl)c3)c2C)C1=O. The van der Waals surface area contributed by atoms with Crippen LogP contribution < -0.4 is 9.47 Å². The van der Waals surface area contributed by atoms with Crippen LogP contribution in [-0.4, -0.2) is 40.9 Å². The van der Waals surface area contributed by atoms with Gasteiger partial charge in [-0.25, -0.2) is 0 Å². The Hall–Kier alpha value is -3.16. The number of thioether (sulfide) groups is 1. The van der Waals surface area contributed by atoms with Crippen LogP contribution in [-0.2, 0) is 4.79 Å². The predicted octanol–water partition coefficient (Wildman–Crippen LogP) is 6.18. The van der Waals surface area contributed by atoms with Crippen molar-refractivity contribution in [2.45, 2.75) is 20.8 Å². The average molecular weight is 497 g/mol. The molecule has 0 bridgehead atoms. The number of ether oxygens (including phenoxy) is 2. The predicted molar refractivity (Wildman–Crippen MR) is 136 cm³/mol. The van der Waals surface area contributed by atoms with Crippen molar-refractivity contribution >= 4 is 40.6 Å². The van der Waals surface area contributed by atoms with Crippen molar-refractivity contribution in [1.29, 1.82) is 0 Å². The fourth-order valence-corrected chi connectivity index (χ4v) is 4.90. The number of rotatable bonds is 7. The van der Waals surface area contributed by atoms with Gasteiger partial charge in [0.15, 0.2) is 11.5 Å². The molecule has 1 aliphatic heterocycles. The van der Waals surface area contributed by atoms with Crippen LogP contribution in [0.2, 0.25) is 5.02 Å². The Balaban J connectivity index is 1.50. The molecule has 0 saturated carbocycles. The van der Waals surface area contributed by atoms with Gasteiger partial charge < -0.3 is 14.0 Å². The Labute approximate surface area is 208 Å². The fourth-order valence-electron chi connectivity index (χ4n) is 3.87. The first kappa shape index (κ1) is 24.0. The molecule has 34 heavy (non-hydrogen) atoms. The third-order valence-corrected chi connectivity index (χ3v) is 7.00. The molecule has 4 rings (SSSR count). The summed E-state index contributed by atoms with van der Waals surface area (Å²) in [6.45, 7) is 6.27. The van der Waals surface area contributed by atoms with E-state index in [1.165, 1.54) is 4.90 Å². The summed E-state index contributed by atoms with van der Waals surface area (Å²) in [5.74, 6) is 0.847. The number of nitrogens with zero attached hydrogens (tertiary/aromatic N) is 2. The summed E-state index contributed by atoms with van der Waals surface area (Å²) in [5.41, 5.74) is 4.81. The minimum Gasteiger partial charge on any atom is -0.493 e. The van der Waals surface area contributed by atoms with Gasteiger partial charge in [0.05, 0.1) is 18.6 Å². The minimum atomic E-state index is -0.318. The number of amides is 2. The Kier molecular flexibility index (Phi) is 7.05. The van der Waals surface area contributed by atoms with Crippen LogP contribution in [0.1, 0.15) is 22.5 Å². The van der Waals surface area contributed by atoms with Crippen LogP contribution in [0.5, 0.6) is 11.5 Å². The van der Waals surface area contributed by atoms with E-state index >= 15 is 0 Å². The lowest BCUT2D eigenvalue weighted by molar-refractivity contribution is -0.123. The van der Waals surface area contributed by atoms with Crippen LogP contribution in [0.15, 0.2) is 53.4 Å². The highest BCUT2D eigenvalue weighted by atomic mass is 35.5. The van der Waals surface area contributed by atoms with Crippen LogP contribution in [0.4, 0.5) is 4.79 Å². The summed E-state index contributed by atoms with van der Waals surface area (Å²) in [4.78, 5) is 27.1. The van der Waals surface area contributed by atoms with Gasteiger partial charge in [0.1, 0.15) is 6.61 Å². The monoisotopic (exact) mass is 496 g/mol. The molecule has 176 valence electrons. The number of imide groups is 1. The van der Waals surface area contributed by atoms with Gasteiger partial charge >= 0.3 is 0 Å². The zero-order valence-corrected chi connectivity index (χ0v) is 21.0. The summed E-state index contributed by atoms with van der Waals surface area (Å²) in [6.07, 6.45) is 1.78. The molecule has 0 radical (unpaired) electrons. The van der Waals surface area contributed by atoms with E-state index in [-0.39, 0.29) is 24.3 Å². The van der Waals surface area contributed by atoms with Crippen molar-refractivity contribution in [3.8, 4) is 17.2 Å². The Bertz CT molecular complexity index is 1300. The fraction of sp³-hybridized carbons (Fsp3) is 0.231. The molecule has 2 aromatic carbocycles. The highest BCUT2D eigenvalue weighted by Crippen LogP contribution is 2.34. The first-order chi connectivity index (χ1) is 16.3. The number of halogens is 1. The second-order valence-corrected chi connectivity index (χ2v) is 9.33. The number of para-hydroxylation sites is 2. The van der Waals surface area contributed by atoms with Gasteiger partial charge in [0.25, 0.3) is 11.1 Å². The number of aryl methyl sites for hydroxylation is 2. The lowest BCUT2D eigenvalue weighted by atomic mass is 10.2. The molecule has 2 amide bonds. The molecule has 0 unspecified atom stereocenters. The van der Waals surface area contributed by atoms with Gasteiger partial charge in [-0.3, -0.25) is 14.5 Å². The minimum absolute atomic E-state index is 0.154. The molecule has 0 spiro atoms. The topological polar surface area (TPSA) is 60.8 Å². The van der Waals surface area contributed by atoms with Crippen molar-refractivity contribution < 1.29 is 19.1 Å². The lowest BCUT2D eigenvalue weighted by Gasteiger charge is -2.14. The zero-order valence-electron chi connectivity index (χ0n) is 19.4. The molecule has 1 aliphatic rings. The van der Waals surface area contributed by atoms with Gasteiger partial charge in [-0.05, 0) is 80.1 Å². The zero-order chi connectivity index (χ0) is 24.4. The molecular weight excluding hydrogens is 472 g/mol. The standard InChI is InChI=1S/C26H25ClN2O4S/c1-16-9-10-20(15-21(16)27)29-17(2)13-19(18(29)3)14-24-25(30)28(26(31)34-24)11-12-33-23-8-6-5-7-22(23)32-4/h5-10,13-15H,11-12H2,1-4H3/b24-14-. The molecule has 3 aromatic rings. The first-order valence-electron chi connectivity index (χ1n) is 10.8. The molecule has 8 heteroatoms. The maximum Gasteiger partial charge on any atom is 0.293 e. The number of carbonyl (C=O) groups is 2. The molecule has 1 aromatic heterocycles. The van der Waals surface area contributed by atoms with Crippen molar-refractivity contribution in [3.05, 3.63) is 81.0 Å². The Morgan fingerprint density at radius 1 is 1.03 bits per heavy atom. The van der Waals surface area contributed by atoms with Crippen LogP contribution >= 0.6 is 23.4 Å². The van der Waals surface area contributed by atoms with Gasteiger partial charge in [0.2, 0.25) is 0 Å². The second kappa shape index (κ2) is 9.99. The van der Waals surface area contributed by atoms with Gasteiger partial charge in [-0.15, -0.1) is 0 Å². The maximum atomic E-state index is 13.0. The number of aromatic nitrogens is 1. The van der Waals surface area contributed by atoms with Crippen molar-refractivity contribution in [3.63, 3.8) is 0 Å². The van der Waals surface area contributed by atoms with E-state index in [9.17, 15) is 9.59 Å². The van der Waals surface area contributed by atoms with E-state index in [1.807, 2.05) is 57.2 Å². The summed E-state index contributed by atoms with van der Waals surface area (Å²) in [5, 5.41) is 0.391. The number of carbonyl (C=O) groups excluding carboxylic acids is 2. The first-order valence-corrected chi connectivity index (χ1v) is 12.0. The molecule has 2 heterocycles. The number of methoxy groups -OCH3 is 1. The molecule has 0 N–H and O–H groups in total. The average Bonchev–Trinajstić information content (AvgIpc) is 3.25. The van der Waals surface area contributed by atoms with Crippen LogP contribution in [0.25, 0.3) is 11.8 Å². The number of benzene rings is 2. The van der Waals surface area contributed by atoms with E-state index in [4.69, 9.17) is 21.1 Å². The highest BCUT2D eigenvalue weighted by Gasteiger charge is 2.35. The molecule has 0 aliphatic carbocycles. The van der Waals surface area contributed by atoms with Gasteiger partial charge in [-0.1, -0.05) is 29.8 Å². The number of hydrogen-bond donors (Lipinski definition) is 0. The molecular formula is C26H25ClN2O4S. The molecule has 1 fully saturated rings. The van der Waals surface area contributed by atoms with Crippen molar-refractivity contribution in [2.75, 3.05) is 20.3 Å². The largest absolute Gasteiger partial charge is 0.493 e. The summed E-state index contributed by atoms with van der Waals surface area (Å²) >= 11 is 7.27. The normalized spacial score (nSPS) is 14.9. The Morgan fingerprint density at radius 3 is 2.47 bits per heavy atom. The van der Waals surface area contributed by atoms with E-state index in [2.05, 4.69) is 4.57 Å². The van der Waals surface area contributed by atoms with Crippen LogP contribution in [0, 0.1) is 20.8 Å².